The number of piperazine rings is 1. The standard InChI is InChI=1S/C22H24N2/c1-17-6-4-9-19(16-17)22(24-14-12-23-13-15-24)21-11-5-8-18-7-2-3-10-20(18)21/h2-11,16,22-23H,12-15H2,1H3. The zero-order valence-corrected chi connectivity index (χ0v) is 14.2. The van der Waals surface area contributed by atoms with Gasteiger partial charge in [-0.25, -0.2) is 0 Å². The highest BCUT2D eigenvalue weighted by Crippen LogP contribution is 2.34. The quantitative estimate of drug-likeness (QED) is 0.781. The number of aryl methyl sites for hydroxylation is 1. The van der Waals surface area contributed by atoms with Gasteiger partial charge < -0.3 is 5.32 Å². The van der Waals surface area contributed by atoms with Crippen molar-refractivity contribution in [3.05, 3.63) is 83.4 Å². The monoisotopic (exact) mass is 316 g/mol. The Morgan fingerprint density at radius 3 is 2.46 bits per heavy atom. The van der Waals surface area contributed by atoms with E-state index in [1.807, 2.05) is 0 Å². The topological polar surface area (TPSA) is 15.3 Å². The van der Waals surface area contributed by atoms with Crippen molar-refractivity contribution in [2.24, 2.45) is 0 Å². The van der Waals surface area contributed by atoms with Gasteiger partial charge in [0.2, 0.25) is 0 Å². The lowest BCUT2D eigenvalue weighted by molar-refractivity contribution is 0.199. The van der Waals surface area contributed by atoms with E-state index in [0.717, 1.165) is 26.2 Å². The molecule has 4 rings (SSSR count). The Morgan fingerprint density at radius 2 is 1.62 bits per heavy atom. The van der Waals surface area contributed by atoms with Gasteiger partial charge in [-0.1, -0.05) is 72.3 Å². The van der Waals surface area contributed by atoms with Gasteiger partial charge in [0.05, 0.1) is 6.04 Å². The second-order valence-electron chi connectivity index (χ2n) is 6.67. The highest BCUT2D eigenvalue weighted by molar-refractivity contribution is 5.86. The molecule has 0 amide bonds. The third-order valence-electron chi connectivity index (χ3n) is 4.99. The Bertz CT molecular complexity index is 829. The van der Waals surface area contributed by atoms with Crippen LogP contribution in [0.5, 0.6) is 0 Å². The maximum absolute atomic E-state index is 3.48. The average Bonchev–Trinajstić information content (AvgIpc) is 2.63. The van der Waals surface area contributed by atoms with Crippen LogP contribution < -0.4 is 5.32 Å². The van der Waals surface area contributed by atoms with Gasteiger partial charge >= 0.3 is 0 Å². The van der Waals surface area contributed by atoms with E-state index in [0.29, 0.717) is 6.04 Å². The predicted molar refractivity (Wildman–Crippen MR) is 101 cm³/mol. The van der Waals surface area contributed by atoms with Crippen molar-refractivity contribution in [2.75, 3.05) is 26.2 Å². The maximum atomic E-state index is 3.48. The SMILES string of the molecule is Cc1cccc(C(c2cccc3ccccc23)N2CCNCC2)c1. The molecule has 0 aliphatic carbocycles. The molecule has 1 heterocycles. The minimum atomic E-state index is 0.318. The Morgan fingerprint density at radius 1 is 0.875 bits per heavy atom. The van der Waals surface area contributed by atoms with E-state index in [9.17, 15) is 0 Å². The van der Waals surface area contributed by atoms with Crippen LogP contribution in [0.4, 0.5) is 0 Å². The first kappa shape index (κ1) is 15.4. The average molecular weight is 316 g/mol. The van der Waals surface area contributed by atoms with Crippen molar-refractivity contribution in [1.82, 2.24) is 10.2 Å². The molecule has 0 radical (unpaired) electrons. The van der Waals surface area contributed by atoms with E-state index in [4.69, 9.17) is 0 Å². The molecule has 1 N–H and O–H groups in total. The summed E-state index contributed by atoms with van der Waals surface area (Å²) in [5, 5.41) is 6.17. The van der Waals surface area contributed by atoms with Crippen LogP contribution in [-0.2, 0) is 0 Å². The number of hydrogen-bond donors (Lipinski definition) is 1. The molecular weight excluding hydrogens is 292 g/mol. The van der Waals surface area contributed by atoms with Crippen LogP contribution >= 0.6 is 0 Å². The highest BCUT2D eigenvalue weighted by atomic mass is 15.2. The predicted octanol–water partition coefficient (Wildman–Crippen LogP) is 4.14. The largest absolute Gasteiger partial charge is 0.314 e. The second kappa shape index (κ2) is 6.76. The molecule has 1 fully saturated rings. The van der Waals surface area contributed by atoms with Crippen molar-refractivity contribution in [1.29, 1.82) is 0 Å². The minimum Gasteiger partial charge on any atom is -0.314 e. The van der Waals surface area contributed by atoms with E-state index >= 15 is 0 Å². The van der Waals surface area contributed by atoms with Gasteiger partial charge in [0, 0.05) is 26.2 Å². The van der Waals surface area contributed by atoms with Crippen molar-refractivity contribution < 1.29 is 0 Å². The van der Waals surface area contributed by atoms with Crippen LogP contribution in [0.3, 0.4) is 0 Å². The Kier molecular flexibility index (Phi) is 4.33. The van der Waals surface area contributed by atoms with Crippen LogP contribution in [0.2, 0.25) is 0 Å². The smallest absolute Gasteiger partial charge is 0.0608 e. The van der Waals surface area contributed by atoms with Crippen LogP contribution in [0, 0.1) is 6.92 Å². The van der Waals surface area contributed by atoms with Gasteiger partial charge in [0.1, 0.15) is 0 Å². The Labute approximate surface area is 144 Å². The fourth-order valence-electron chi connectivity index (χ4n) is 3.86. The minimum absolute atomic E-state index is 0.318. The molecule has 0 aromatic heterocycles. The van der Waals surface area contributed by atoms with Crippen molar-refractivity contribution in [3.8, 4) is 0 Å². The number of nitrogens with one attached hydrogen (secondary N) is 1. The molecule has 0 saturated carbocycles. The summed E-state index contributed by atoms with van der Waals surface area (Å²) in [6, 6.07) is 24.8. The number of rotatable bonds is 3. The first-order chi connectivity index (χ1) is 11.8. The normalized spacial score (nSPS) is 17.0. The first-order valence-corrected chi connectivity index (χ1v) is 8.82. The maximum Gasteiger partial charge on any atom is 0.0608 e. The van der Waals surface area contributed by atoms with E-state index < -0.39 is 0 Å². The van der Waals surface area contributed by atoms with Crippen molar-refractivity contribution in [3.63, 3.8) is 0 Å². The molecule has 0 spiro atoms. The zero-order valence-electron chi connectivity index (χ0n) is 14.2. The third kappa shape index (κ3) is 2.95. The van der Waals surface area contributed by atoms with Crippen LogP contribution in [0.1, 0.15) is 22.7 Å². The van der Waals surface area contributed by atoms with Crippen molar-refractivity contribution in [2.45, 2.75) is 13.0 Å². The second-order valence-corrected chi connectivity index (χ2v) is 6.67. The first-order valence-electron chi connectivity index (χ1n) is 8.82. The zero-order chi connectivity index (χ0) is 16.4. The van der Waals surface area contributed by atoms with E-state index in [1.165, 1.54) is 27.5 Å². The lowest BCUT2D eigenvalue weighted by atomic mass is 9.91. The molecule has 1 atom stereocenters. The number of nitrogens with zero attached hydrogens (tertiary/aromatic N) is 1. The summed E-state index contributed by atoms with van der Waals surface area (Å²) >= 11 is 0. The summed E-state index contributed by atoms with van der Waals surface area (Å²) in [6.45, 7) is 6.48. The van der Waals surface area contributed by atoms with E-state index in [2.05, 4.69) is 83.9 Å². The van der Waals surface area contributed by atoms with Crippen LogP contribution in [0.15, 0.2) is 66.7 Å². The molecule has 1 aliphatic rings. The molecule has 3 aromatic carbocycles. The van der Waals surface area contributed by atoms with E-state index in [1.54, 1.807) is 0 Å². The van der Waals surface area contributed by atoms with Gasteiger partial charge in [-0.15, -0.1) is 0 Å². The number of hydrogen-bond acceptors (Lipinski definition) is 2. The summed E-state index contributed by atoms with van der Waals surface area (Å²) < 4.78 is 0. The molecular formula is C22H24N2. The molecule has 3 aromatic rings. The third-order valence-corrected chi connectivity index (χ3v) is 4.99. The Hall–Kier alpha value is -2.16. The molecule has 24 heavy (non-hydrogen) atoms. The van der Waals surface area contributed by atoms with Crippen molar-refractivity contribution >= 4 is 10.8 Å². The molecule has 1 saturated heterocycles. The summed E-state index contributed by atoms with van der Waals surface area (Å²) in [6.07, 6.45) is 0. The molecule has 1 unspecified atom stereocenters. The fourth-order valence-corrected chi connectivity index (χ4v) is 3.86. The lowest BCUT2D eigenvalue weighted by Gasteiger charge is -2.36. The Balaban J connectivity index is 1.88. The molecule has 0 bridgehead atoms. The molecule has 122 valence electrons. The highest BCUT2D eigenvalue weighted by Gasteiger charge is 2.25. The van der Waals surface area contributed by atoms with Crippen LogP contribution in [-0.4, -0.2) is 31.1 Å². The summed E-state index contributed by atoms with van der Waals surface area (Å²) in [7, 11) is 0. The van der Waals surface area contributed by atoms with Gasteiger partial charge in [-0.2, -0.15) is 0 Å². The van der Waals surface area contributed by atoms with Gasteiger partial charge in [0.25, 0.3) is 0 Å². The van der Waals surface area contributed by atoms with Gasteiger partial charge in [-0.3, -0.25) is 4.90 Å². The summed E-state index contributed by atoms with van der Waals surface area (Å²) in [5.41, 5.74) is 4.14. The lowest BCUT2D eigenvalue weighted by Crippen LogP contribution is -2.45. The number of fused-ring (bicyclic) bond motifs is 1. The number of benzene rings is 3. The molecule has 2 heteroatoms. The fraction of sp³-hybridized carbons (Fsp3) is 0.273. The van der Waals surface area contributed by atoms with Gasteiger partial charge in [-0.05, 0) is 28.8 Å². The van der Waals surface area contributed by atoms with Gasteiger partial charge in [0.15, 0.2) is 0 Å². The van der Waals surface area contributed by atoms with Crippen LogP contribution in [0.25, 0.3) is 10.8 Å². The summed E-state index contributed by atoms with van der Waals surface area (Å²) in [5.74, 6) is 0. The van der Waals surface area contributed by atoms with E-state index in [-0.39, 0.29) is 0 Å². The molecule has 2 nitrogen and oxygen atoms in total. The summed E-state index contributed by atoms with van der Waals surface area (Å²) in [4.78, 5) is 2.62. The molecule has 1 aliphatic heterocycles.